The Bertz CT molecular complexity index is 1590. The normalized spacial score (nSPS) is 41.7. The Kier molecular flexibility index (Phi) is 8.44. The molecule has 0 amide bonds. The van der Waals surface area contributed by atoms with Gasteiger partial charge in [-0.2, -0.15) is 0 Å². The molecule has 8 atom stereocenters. The minimum Gasteiger partial charge on any atom is -0.465 e. The third kappa shape index (κ3) is 5.12. The molecule has 1 saturated heterocycles. The van der Waals surface area contributed by atoms with Gasteiger partial charge in [-0.15, -0.1) is 0 Å². The molecule has 1 aliphatic heterocycles. The summed E-state index contributed by atoms with van der Waals surface area (Å²) in [5.74, 6) is 2.35. The van der Waals surface area contributed by atoms with Crippen molar-refractivity contribution >= 4 is 27.1 Å². The van der Waals surface area contributed by atoms with E-state index < -0.39 is 9.84 Å². The Morgan fingerprint density at radius 1 is 0.938 bits per heavy atom. The summed E-state index contributed by atoms with van der Waals surface area (Å²) in [7, 11) is -1.43. The number of benzene rings is 1. The lowest BCUT2D eigenvalue weighted by Crippen LogP contribution is -2.68. The third-order valence-corrected chi connectivity index (χ3v) is 17.4. The van der Waals surface area contributed by atoms with Crippen molar-refractivity contribution in [2.45, 2.75) is 97.9 Å². The average Bonchev–Trinajstić information content (AvgIpc) is 3.38. The highest BCUT2D eigenvalue weighted by Gasteiger charge is 2.70. The topological polar surface area (TPSA) is 99.6 Å². The Morgan fingerprint density at radius 2 is 1.65 bits per heavy atom. The van der Waals surface area contributed by atoms with Crippen LogP contribution in [0.25, 0.3) is 5.57 Å². The fourth-order valence-electron chi connectivity index (χ4n) is 13.1. The van der Waals surface area contributed by atoms with Crippen molar-refractivity contribution < 1.29 is 17.9 Å². The van der Waals surface area contributed by atoms with Crippen molar-refractivity contribution in [3.63, 3.8) is 0 Å². The number of fused-ring (bicyclic) bond motifs is 7. The number of ether oxygens (including phenoxy) is 1. The Hall–Kier alpha value is -2.03. The van der Waals surface area contributed by atoms with Crippen LogP contribution >= 0.6 is 0 Å². The molecule has 7 nitrogen and oxygen atoms in total. The molecule has 8 heteroatoms. The van der Waals surface area contributed by atoms with E-state index >= 15 is 0 Å². The molecule has 1 aromatic carbocycles. The van der Waals surface area contributed by atoms with Crippen LogP contribution in [0, 0.1) is 50.7 Å². The first-order valence-corrected chi connectivity index (χ1v) is 20.6. The van der Waals surface area contributed by atoms with Gasteiger partial charge in [-0.25, -0.2) is 13.2 Å². The van der Waals surface area contributed by atoms with E-state index in [1.54, 1.807) is 0 Å². The largest absolute Gasteiger partial charge is 0.465 e. The highest BCUT2D eigenvalue weighted by atomic mass is 32.2. The maximum atomic E-state index is 12.1. The van der Waals surface area contributed by atoms with Crippen LogP contribution in [0.4, 0.5) is 0 Å². The number of sulfone groups is 1. The van der Waals surface area contributed by atoms with Crippen LogP contribution in [-0.2, 0) is 14.6 Å². The van der Waals surface area contributed by atoms with Crippen molar-refractivity contribution in [2.24, 2.45) is 45.3 Å². The number of hydrogen-bond donors (Lipinski definition) is 2. The predicted octanol–water partition coefficient (Wildman–Crippen LogP) is 7.02. The number of esters is 1. The molecule has 48 heavy (non-hydrogen) atoms. The van der Waals surface area contributed by atoms with Gasteiger partial charge in [-0.3, -0.25) is 0 Å². The van der Waals surface area contributed by atoms with E-state index in [1.165, 1.54) is 50.4 Å². The van der Waals surface area contributed by atoms with Crippen LogP contribution in [0.5, 0.6) is 0 Å². The molecule has 0 aromatic heterocycles. The number of allylic oxidation sites excluding steroid dienone is 2. The second-order valence-electron chi connectivity index (χ2n) is 17.9. The number of carbonyl (C=O) groups excluding carboxylic acids is 1. The number of carbonyl (C=O) groups is 1. The van der Waals surface area contributed by atoms with Gasteiger partial charge < -0.3 is 20.4 Å². The highest BCUT2D eigenvalue weighted by Crippen LogP contribution is 2.76. The summed E-state index contributed by atoms with van der Waals surface area (Å²) < 4.78 is 28.8. The fourth-order valence-corrected chi connectivity index (χ4v) is 14.4. The molecule has 0 radical (unpaired) electrons. The van der Waals surface area contributed by atoms with E-state index in [0.29, 0.717) is 42.3 Å². The Balaban J connectivity index is 1.12. The zero-order valence-corrected chi connectivity index (χ0v) is 31.1. The molecule has 264 valence electrons. The van der Waals surface area contributed by atoms with Crippen molar-refractivity contribution in [1.29, 1.82) is 5.41 Å². The van der Waals surface area contributed by atoms with Gasteiger partial charge in [0.2, 0.25) is 0 Å². The van der Waals surface area contributed by atoms with Crippen LogP contribution in [-0.4, -0.2) is 75.3 Å². The standard InChI is InChI=1S/C40H59N3O4S/c1-36(2)29(27-7-9-28(10-8-27)35(44)47-6)13-16-37(3)32(36)15-17-39(5)33(37)12-11-30-34-31(41)14-18-40(34,20-19-38(30,39)4)42-21-22-43-23-25-48(45,46)26-24-43/h7-10,13,30,32-34,41-42H,11-12,14-26H2,1-6H3. The van der Waals surface area contributed by atoms with Gasteiger partial charge in [0, 0.05) is 43.3 Å². The van der Waals surface area contributed by atoms with Gasteiger partial charge in [0.15, 0.2) is 9.84 Å². The molecule has 5 aliphatic carbocycles. The Labute approximate surface area is 289 Å². The molecule has 8 unspecified atom stereocenters. The second-order valence-corrected chi connectivity index (χ2v) is 20.2. The van der Waals surface area contributed by atoms with Gasteiger partial charge in [0.25, 0.3) is 0 Å². The van der Waals surface area contributed by atoms with Crippen LogP contribution in [0.2, 0.25) is 0 Å². The first-order chi connectivity index (χ1) is 22.6. The van der Waals surface area contributed by atoms with Crippen LogP contribution in [0.1, 0.15) is 108 Å². The van der Waals surface area contributed by atoms with E-state index in [-0.39, 0.29) is 44.7 Å². The maximum absolute atomic E-state index is 12.1. The van der Waals surface area contributed by atoms with Gasteiger partial charge in [-0.1, -0.05) is 52.8 Å². The van der Waals surface area contributed by atoms with Gasteiger partial charge in [-0.05, 0) is 120 Å². The number of nitrogens with one attached hydrogen (secondary N) is 2. The SMILES string of the molecule is COC(=O)c1ccc(C2=CCC3(C)C(CCC4(C)C3CCC3C5C(=N)CCC5(NCCN5CCS(=O)(=O)CC5)CCC34C)C2(C)C)cc1. The zero-order chi connectivity index (χ0) is 34.3. The molecular formula is C40H59N3O4S. The molecular weight excluding hydrogens is 619 g/mol. The third-order valence-electron chi connectivity index (χ3n) is 15.8. The van der Waals surface area contributed by atoms with E-state index in [4.69, 9.17) is 4.74 Å². The van der Waals surface area contributed by atoms with Gasteiger partial charge in [0.05, 0.1) is 24.2 Å². The number of methoxy groups -OCH3 is 1. The molecule has 4 saturated carbocycles. The molecule has 2 N–H and O–H groups in total. The minimum atomic E-state index is -2.87. The Morgan fingerprint density at radius 3 is 2.33 bits per heavy atom. The lowest BCUT2D eigenvalue weighted by atomic mass is 9.33. The zero-order valence-electron chi connectivity index (χ0n) is 30.3. The van der Waals surface area contributed by atoms with Crippen LogP contribution in [0.15, 0.2) is 30.3 Å². The fraction of sp³-hybridized carbons (Fsp3) is 0.750. The molecule has 1 aromatic rings. The van der Waals surface area contributed by atoms with E-state index in [2.05, 4.69) is 63.0 Å². The summed E-state index contributed by atoms with van der Waals surface area (Å²) >= 11 is 0. The number of hydrogen-bond acceptors (Lipinski definition) is 7. The quantitative estimate of drug-likeness (QED) is 0.314. The average molecular weight is 678 g/mol. The molecule has 0 spiro atoms. The van der Waals surface area contributed by atoms with Crippen molar-refractivity contribution in [3.05, 3.63) is 41.5 Å². The van der Waals surface area contributed by atoms with Crippen LogP contribution in [0.3, 0.4) is 0 Å². The van der Waals surface area contributed by atoms with Crippen molar-refractivity contribution in [1.82, 2.24) is 10.2 Å². The van der Waals surface area contributed by atoms with Gasteiger partial charge >= 0.3 is 5.97 Å². The first-order valence-electron chi connectivity index (χ1n) is 18.7. The van der Waals surface area contributed by atoms with E-state index in [0.717, 1.165) is 44.5 Å². The summed E-state index contributed by atoms with van der Waals surface area (Å²) in [5.41, 5.74) is 4.92. The van der Waals surface area contributed by atoms with E-state index in [1.807, 2.05) is 12.1 Å². The first kappa shape index (κ1) is 34.4. The number of nitrogens with zero attached hydrogens (tertiary/aromatic N) is 1. The molecule has 0 bridgehead atoms. The lowest BCUT2D eigenvalue weighted by Gasteiger charge is -2.72. The van der Waals surface area contributed by atoms with E-state index in [9.17, 15) is 18.6 Å². The van der Waals surface area contributed by atoms with Crippen molar-refractivity contribution in [2.75, 3.05) is 44.8 Å². The smallest absolute Gasteiger partial charge is 0.337 e. The summed E-state index contributed by atoms with van der Waals surface area (Å²) in [5, 5.41) is 13.4. The lowest BCUT2D eigenvalue weighted by molar-refractivity contribution is -0.211. The van der Waals surface area contributed by atoms with Crippen molar-refractivity contribution in [3.8, 4) is 0 Å². The second kappa shape index (κ2) is 11.8. The summed E-state index contributed by atoms with van der Waals surface area (Å²) in [6.07, 6.45) is 12.9. The summed E-state index contributed by atoms with van der Waals surface area (Å²) in [6.45, 7) is 15.9. The van der Waals surface area contributed by atoms with Gasteiger partial charge in [0.1, 0.15) is 0 Å². The molecule has 1 heterocycles. The number of rotatable bonds is 6. The monoisotopic (exact) mass is 677 g/mol. The highest BCUT2D eigenvalue weighted by molar-refractivity contribution is 7.91. The maximum Gasteiger partial charge on any atom is 0.337 e. The summed E-state index contributed by atoms with van der Waals surface area (Å²) in [6, 6.07) is 8.03. The minimum absolute atomic E-state index is 0.0152. The molecule has 7 rings (SSSR count). The van der Waals surface area contributed by atoms with Crippen LogP contribution < -0.4 is 5.32 Å². The predicted molar refractivity (Wildman–Crippen MR) is 193 cm³/mol. The molecule has 5 fully saturated rings. The summed E-state index contributed by atoms with van der Waals surface area (Å²) in [4.78, 5) is 14.4. The molecule has 6 aliphatic rings.